The summed E-state index contributed by atoms with van der Waals surface area (Å²) in [5, 5.41) is 9.98. The highest BCUT2D eigenvalue weighted by Crippen LogP contribution is 2.16. The Kier molecular flexibility index (Phi) is 4.57. The lowest BCUT2D eigenvalue weighted by Crippen LogP contribution is -2.31. The molecule has 0 spiro atoms. The average Bonchev–Trinajstić information content (AvgIpc) is 3.31. The number of nitrogens with one attached hydrogen (secondary N) is 3. The van der Waals surface area contributed by atoms with E-state index in [1.807, 2.05) is 72.4 Å². The third-order valence-corrected chi connectivity index (χ3v) is 4.25. The molecule has 4 rings (SSSR count). The van der Waals surface area contributed by atoms with Gasteiger partial charge in [-0.05, 0) is 42.8 Å². The highest BCUT2D eigenvalue weighted by atomic mass is 16.2. The van der Waals surface area contributed by atoms with Crippen LogP contribution in [0.25, 0.3) is 11.0 Å². The zero-order valence-electron chi connectivity index (χ0n) is 14.9. The number of hydrogen-bond acceptors (Lipinski definition) is 3. The van der Waals surface area contributed by atoms with Gasteiger partial charge in [0.2, 0.25) is 0 Å². The number of carbonyl (C=O) groups excluding carboxylic acids is 1. The van der Waals surface area contributed by atoms with Crippen molar-refractivity contribution >= 4 is 22.8 Å². The number of para-hydroxylation sites is 2. The summed E-state index contributed by atoms with van der Waals surface area (Å²) in [5.74, 6) is 0.721. The standard InChI is InChI=1S/C20H20N6O/c1-14(19-24-17-8-2-3-9-18(17)25-19)22-20(27)23-16-7-4-6-15(12-16)13-26-11-5-10-21-26/h2-12,14H,13H2,1H3,(H,24,25)(H2,22,23,27). The molecular weight excluding hydrogens is 340 g/mol. The molecule has 0 aliphatic heterocycles. The predicted molar refractivity (Wildman–Crippen MR) is 104 cm³/mol. The van der Waals surface area contributed by atoms with Gasteiger partial charge in [-0.25, -0.2) is 9.78 Å². The lowest BCUT2D eigenvalue weighted by Gasteiger charge is -2.13. The van der Waals surface area contributed by atoms with Crippen molar-refractivity contribution < 1.29 is 4.79 Å². The molecule has 7 heteroatoms. The summed E-state index contributed by atoms with van der Waals surface area (Å²) in [6.45, 7) is 2.55. The maximum atomic E-state index is 12.4. The maximum Gasteiger partial charge on any atom is 0.319 e. The molecule has 0 radical (unpaired) electrons. The molecule has 0 fully saturated rings. The summed E-state index contributed by atoms with van der Waals surface area (Å²) >= 11 is 0. The summed E-state index contributed by atoms with van der Waals surface area (Å²) in [6.07, 6.45) is 3.65. The van der Waals surface area contributed by atoms with Gasteiger partial charge in [0, 0.05) is 18.1 Å². The highest BCUT2D eigenvalue weighted by molar-refractivity contribution is 5.89. The summed E-state index contributed by atoms with van der Waals surface area (Å²) in [7, 11) is 0. The molecule has 0 aliphatic rings. The third-order valence-electron chi connectivity index (χ3n) is 4.25. The first-order valence-corrected chi connectivity index (χ1v) is 8.76. The number of aromatic nitrogens is 4. The van der Waals surface area contributed by atoms with Gasteiger partial charge in [-0.1, -0.05) is 24.3 Å². The van der Waals surface area contributed by atoms with Crippen LogP contribution in [0.2, 0.25) is 0 Å². The van der Waals surface area contributed by atoms with Crippen LogP contribution in [-0.4, -0.2) is 25.8 Å². The van der Waals surface area contributed by atoms with Crippen molar-refractivity contribution in [1.82, 2.24) is 25.1 Å². The van der Waals surface area contributed by atoms with Gasteiger partial charge in [0.25, 0.3) is 0 Å². The van der Waals surface area contributed by atoms with E-state index in [9.17, 15) is 4.79 Å². The number of nitrogens with zero attached hydrogens (tertiary/aromatic N) is 3. The van der Waals surface area contributed by atoms with Gasteiger partial charge in [-0.15, -0.1) is 0 Å². The van der Waals surface area contributed by atoms with Crippen molar-refractivity contribution in [1.29, 1.82) is 0 Å². The minimum atomic E-state index is -0.279. The Bertz CT molecular complexity index is 1020. The summed E-state index contributed by atoms with van der Waals surface area (Å²) < 4.78 is 1.84. The third kappa shape index (κ3) is 3.98. The molecule has 2 aromatic carbocycles. The quantitative estimate of drug-likeness (QED) is 0.507. The highest BCUT2D eigenvalue weighted by Gasteiger charge is 2.13. The van der Waals surface area contributed by atoms with E-state index in [4.69, 9.17) is 0 Å². The second-order valence-electron chi connectivity index (χ2n) is 6.36. The van der Waals surface area contributed by atoms with Crippen molar-refractivity contribution in [3.05, 3.63) is 78.4 Å². The van der Waals surface area contributed by atoms with E-state index in [0.29, 0.717) is 6.54 Å². The number of anilines is 1. The van der Waals surface area contributed by atoms with Crippen molar-refractivity contribution in [2.24, 2.45) is 0 Å². The van der Waals surface area contributed by atoms with Crippen LogP contribution < -0.4 is 10.6 Å². The number of hydrogen-bond donors (Lipinski definition) is 3. The number of aromatic amines is 1. The monoisotopic (exact) mass is 360 g/mol. The molecule has 0 bridgehead atoms. The Morgan fingerprint density at radius 1 is 1.19 bits per heavy atom. The fraction of sp³-hybridized carbons (Fsp3) is 0.150. The molecule has 0 saturated heterocycles. The molecule has 4 aromatic rings. The van der Waals surface area contributed by atoms with Crippen LogP contribution in [0.1, 0.15) is 24.4 Å². The lowest BCUT2D eigenvalue weighted by molar-refractivity contribution is 0.249. The SMILES string of the molecule is CC(NC(=O)Nc1cccc(Cn2cccn2)c1)c1nc2ccccc2[nH]1. The fourth-order valence-electron chi connectivity index (χ4n) is 2.94. The molecule has 7 nitrogen and oxygen atoms in total. The van der Waals surface area contributed by atoms with E-state index < -0.39 is 0 Å². The fourth-order valence-corrected chi connectivity index (χ4v) is 2.94. The molecule has 1 unspecified atom stereocenters. The van der Waals surface area contributed by atoms with E-state index in [0.717, 1.165) is 28.1 Å². The summed E-state index contributed by atoms with van der Waals surface area (Å²) in [6, 6.07) is 16.9. The number of imidazole rings is 1. The van der Waals surface area contributed by atoms with Crippen LogP contribution in [0.15, 0.2) is 67.0 Å². The Morgan fingerprint density at radius 3 is 2.89 bits per heavy atom. The Morgan fingerprint density at radius 2 is 2.07 bits per heavy atom. The Labute approximate surface area is 156 Å². The first-order chi connectivity index (χ1) is 13.2. The number of amides is 2. The van der Waals surface area contributed by atoms with Crippen molar-refractivity contribution in [3.63, 3.8) is 0 Å². The van der Waals surface area contributed by atoms with Crippen LogP contribution in [-0.2, 0) is 6.54 Å². The molecule has 136 valence electrons. The number of benzene rings is 2. The average molecular weight is 360 g/mol. The molecule has 0 saturated carbocycles. The minimum absolute atomic E-state index is 0.246. The molecule has 3 N–H and O–H groups in total. The number of rotatable bonds is 5. The minimum Gasteiger partial charge on any atom is -0.340 e. The molecule has 2 heterocycles. The van der Waals surface area contributed by atoms with Gasteiger partial charge in [0.1, 0.15) is 5.82 Å². The largest absolute Gasteiger partial charge is 0.340 e. The lowest BCUT2D eigenvalue weighted by atomic mass is 10.2. The van der Waals surface area contributed by atoms with Crippen molar-refractivity contribution in [3.8, 4) is 0 Å². The van der Waals surface area contributed by atoms with Crippen molar-refractivity contribution in [2.45, 2.75) is 19.5 Å². The summed E-state index contributed by atoms with van der Waals surface area (Å²) in [4.78, 5) is 20.1. The van der Waals surface area contributed by atoms with Crippen molar-refractivity contribution in [2.75, 3.05) is 5.32 Å². The number of carbonyl (C=O) groups is 1. The number of urea groups is 1. The van der Waals surface area contributed by atoms with E-state index in [1.165, 1.54) is 0 Å². The molecule has 2 amide bonds. The van der Waals surface area contributed by atoms with Crippen LogP contribution in [0.3, 0.4) is 0 Å². The Hall–Kier alpha value is -3.61. The molecule has 27 heavy (non-hydrogen) atoms. The van der Waals surface area contributed by atoms with Gasteiger partial charge in [0.05, 0.1) is 23.6 Å². The number of fused-ring (bicyclic) bond motifs is 1. The summed E-state index contributed by atoms with van der Waals surface area (Å²) in [5.41, 5.74) is 3.62. The van der Waals surface area contributed by atoms with E-state index in [1.54, 1.807) is 6.20 Å². The van der Waals surface area contributed by atoms with Crippen LogP contribution in [0.5, 0.6) is 0 Å². The molecular formula is C20H20N6O. The van der Waals surface area contributed by atoms with Crippen LogP contribution >= 0.6 is 0 Å². The van der Waals surface area contributed by atoms with Gasteiger partial charge < -0.3 is 15.6 Å². The smallest absolute Gasteiger partial charge is 0.319 e. The molecule has 2 aromatic heterocycles. The van der Waals surface area contributed by atoms with E-state index in [-0.39, 0.29) is 12.1 Å². The topological polar surface area (TPSA) is 87.6 Å². The van der Waals surface area contributed by atoms with Gasteiger partial charge >= 0.3 is 6.03 Å². The van der Waals surface area contributed by atoms with E-state index >= 15 is 0 Å². The van der Waals surface area contributed by atoms with Gasteiger partial charge in [0.15, 0.2) is 0 Å². The van der Waals surface area contributed by atoms with Gasteiger partial charge in [-0.3, -0.25) is 4.68 Å². The predicted octanol–water partition coefficient (Wildman–Crippen LogP) is 3.69. The first kappa shape index (κ1) is 16.8. The zero-order chi connectivity index (χ0) is 18.6. The van der Waals surface area contributed by atoms with Crippen LogP contribution in [0.4, 0.5) is 10.5 Å². The zero-order valence-corrected chi connectivity index (χ0v) is 14.9. The van der Waals surface area contributed by atoms with Gasteiger partial charge in [-0.2, -0.15) is 5.10 Å². The van der Waals surface area contributed by atoms with Crippen LogP contribution in [0, 0.1) is 0 Å². The second-order valence-corrected chi connectivity index (χ2v) is 6.36. The number of H-pyrrole nitrogens is 1. The maximum absolute atomic E-state index is 12.4. The van der Waals surface area contributed by atoms with E-state index in [2.05, 4.69) is 25.7 Å². The molecule has 0 aliphatic carbocycles. The normalized spacial score (nSPS) is 12.0. The Balaban J connectivity index is 1.40. The second kappa shape index (κ2) is 7.33. The first-order valence-electron chi connectivity index (χ1n) is 8.76. The molecule has 1 atom stereocenters.